The van der Waals surface area contributed by atoms with Crippen molar-refractivity contribution >= 4 is 22.4 Å². The first-order chi connectivity index (χ1) is 11.6. The lowest BCUT2D eigenvalue weighted by Gasteiger charge is -2.04. The molecule has 0 aliphatic heterocycles. The van der Waals surface area contributed by atoms with Crippen LogP contribution in [0.4, 0.5) is 5.13 Å². The Labute approximate surface area is 144 Å². The van der Waals surface area contributed by atoms with Crippen molar-refractivity contribution in [3.05, 3.63) is 70.2 Å². The smallest absolute Gasteiger partial charge is 0.257 e. The molecule has 0 radical (unpaired) electrons. The second kappa shape index (κ2) is 7.23. The number of nitrogens with zero attached hydrogens (tertiary/aromatic N) is 2. The number of carbonyl (C=O) groups is 1. The lowest BCUT2D eigenvalue weighted by molar-refractivity contribution is 0.102. The third-order valence-electron chi connectivity index (χ3n) is 3.35. The van der Waals surface area contributed by atoms with Gasteiger partial charge in [0.15, 0.2) is 5.01 Å². The zero-order valence-corrected chi connectivity index (χ0v) is 14.3. The molecule has 0 unspecified atom stereocenters. The minimum atomic E-state index is -0.197. The Morgan fingerprint density at radius 2 is 1.88 bits per heavy atom. The van der Waals surface area contributed by atoms with Crippen LogP contribution >= 0.6 is 11.3 Å². The molecule has 0 aliphatic carbocycles. The Kier molecular flexibility index (Phi) is 4.86. The number of amides is 1. The number of nitrogens with one attached hydrogen (secondary N) is 1. The largest absolute Gasteiger partial charge is 0.486 e. The minimum Gasteiger partial charge on any atom is -0.486 e. The highest BCUT2D eigenvalue weighted by molar-refractivity contribution is 7.15. The number of carbonyl (C=O) groups excluding carboxylic acids is 1. The fourth-order valence-corrected chi connectivity index (χ4v) is 2.73. The molecule has 1 N–H and O–H groups in total. The lowest BCUT2D eigenvalue weighted by atomic mass is 10.1. The van der Waals surface area contributed by atoms with Crippen LogP contribution < -0.4 is 10.1 Å². The van der Waals surface area contributed by atoms with E-state index in [9.17, 15) is 4.79 Å². The molecule has 24 heavy (non-hydrogen) atoms. The molecule has 0 aliphatic rings. The number of hydrogen-bond donors (Lipinski definition) is 1. The van der Waals surface area contributed by atoms with E-state index < -0.39 is 0 Å². The van der Waals surface area contributed by atoms with E-state index in [1.165, 1.54) is 11.3 Å². The number of hydrogen-bond acceptors (Lipinski definition) is 5. The van der Waals surface area contributed by atoms with Crippen LogP contribution in [0.2, 0.25) is 0 Å². The predicted molar refractivity (Wildman–Crippen MR) is 94.6 cm³/mol. The van der Waals surface area contributed by atoms with Crippen molar-refractivity contribution in [2.45, 2.75) is 20.5 Å². The average Bonchev–Trinajstić information content (AvgIpc) is 3.01. The first kappa shape index (κ1) is 16.1. The molecule has 1 heterocycles. The molecule has 122 valence electrons. The van der Waals surface area contributed by atoms with Gasteiger partial charge in [-0.3, -0.25) is 10.1 Å². The fourth-order valence-electron chi connectivity index (χ4n) is 2.09. The third kappa shape index (κ3) is 4.17. The van der Waals surface area contributed by atoms with Gasteiger partial charge in [-0.05, 0) is 43.7 Å². The van der Waals surface area contributed by atoms with Gasteiger partial charge in [0.25, 0.3) is 5.91 Å². The number of aromatic nitrogens is 2. The van der Waals surface area contributed by atoms with Gasteiger partial charge < -0.3 is 4.74 Å². The number of ether oxygens (including phenoxy) is 1. The highest BCUT2D eigenvalue weighted by Crippen LogP contribution is 2.19. The Hall–Kier alpha value is -2.73. The van der Waals surface area contributed by atoms with Crippen LogP contribution in [0.1, 0.15) is 26.5 Å². The molecule has 0 spiro atoms. The summed E-state index contributed by atoms with van der Waals surface area (Å²) in [4.78, 5) is 12.1. The Morgan fingerprint density at radius 1 is 1.08 bits per heavy atom. The molecule has 5 nitrogen and oxygen atoms in total. The zero-order valence-electron chi connectivity index (χ0n) is 13.4. The van der Waals surface area contributed by atoms with E-state index in [4.69, 9.17) is 4.74 Å². The summed E-state index contributed by atoms with van der Waals surface area (Å²) >= 11 is 1.30. The quantitative estimate of drug-likeness (QED) is 0.763. The lowest BCUT2D eigenvalue weighted by Crippen LogP contribution is -2.11. The highest BCUT2D eigenvalue weighted by atomic mass is 32.1. The second-order valence-corrected chi connectivity index (χ2v) is 6.49. The van der Waals surface area contributed by atoms with Gasteiger partial charge in [-0.2, -0.15) is 0 Å². The van der Waals surface area contributed by atoms with Crippen LogP contribution in [-0.4, -0.2) is 16.1 Å². The molecule has 6 heteroatoms. The van der Waals surface area contributed by atoms with Crippen molar-refractivity contribution in [2.75, 3.05) is 5.32 Å². The van der Waals surface area contributed by atoms with E-state index in [0.29, 0.717) is 22.3 Å². The molecule has 3 rings (SSSR count). The van der Waals surface area contributed by atoms with E-state index in [-0.39, 0.29) is 5.91 Å². The third-order valence-corrected chi connectivity index (χ3v) is 4.17. The van der Waals surface area contributed by atoms with Crippen molar-refractivity contribution in [1.29, 1.82) is 0 Å². The van der Waals surface area contributed by atoms with Crippen LogP contribution in [0.3, 0.4) is 0 Å². The van der Waals surface area contributed by atoms with Crippen LogP contribution in [0.15, 0.2) is 48.5 Å². The summed E-state index contributed by atoms with van der Waals surface area (Å²) < 4.78 is 5.68. The van der Waals surface area contributed by atoms with Crippen molar-refractivity contribution in [3.8, 4) is 5.75 Å². The van der Waals surface area contributed by atoms with Crippen molar-refractivity contribution in [3.63, 3.8) is 0 Å². The summed E-state index contributed by atoms with van der Waals surface area (Å²) in [6.45, 7) is 4.31. The Morgan fingerprint density at radius 3 is 2.62 bits per heavy atom. The van der Waals surface area contributed by atoms with Gasteiger partial charge in [0.2, 0.25) is 5.13 Å². The number of anilines is 1. The van der Waals surface area contributed by atoms with Gasteiger partial charge in [0.05, 0.1) is 0 Å². The van der Waals surface area contributed by atoms with E-state index in [1.807, 2.05) is 50.2 Å². The first-order valence-electron chi connectivity index (χ1n) is 7.50. The van der Waals surface area contributed by atoms with Crippen molar-refractivity contribution < 1.29 is 9.53 Å². The zero-order chi connectivity index (χ0) is 16.9. The predicted octanol–water partition coefficient (Wildman–Crippen LogP) is 3.99. The molecule has 0 atom stereocenters. The topological polar surface area (TPSA) is 64.1 Å². The van der Waals surface area contributed by atoms with Crippen molar-refractivity contribution in [1.82, 2.24) is 10.2 Å². The van der Waals surface area contributed by atoms with Gasteiger partial charge in [-0.1, -0.05) is 41.2 Å². The molecule has 0 fully saturated rings. The summed E-state index contributed by atoms with van der Waals surface area (Å²) in [6.07, 6.45) is 0. The van der Waals surface area contributed by atoms with E-state index in [2.05, 4.69) is 15.5 Å². The average molecular weight is 339 g/mol. The normalized spacial score (nSPS) is 10.4. The molecular weight excluding hydrogens is 322 g/mol. The minimum absolute atomic E-state index is 0.197. The molecule has 3 aromatic rings. The summed E-state index contributed by atoms with van der Waals surface area (Å²) in [5.74, 6) is 0.591. The van der Waals surface area contributed by atoms with Crippen molar-refractivity contribution in [2.24, 2.45) is 0 Å². The summed E-state index contributed by atoms with van der Waals surface area (Å²) in [5.41, 5.74) is 2.84. The Balaban J connectivity index is 1.59. The van der Waals surface area contributed by atoms with Crippen LogP contribution in [0, 0.1) is 13.8 Å². The molecular formula is C18H17N3O2S. The summed E-state index contributed by atoms with van der Waals surface area (Å²) in [5, 5.41) is 12.0. The SMILES string of the molecule is Cc1ccc(C(=O)Nc2nnc(COc3cccc(C)c3)s2)cc1. The summed E-state index contributed by atoms with van der Waals surface area (Å²) in [6, 6.07) is 15.2. The van der Waals surface area contributed by atoms with E-state index >= 15 is 0 Å². The van der Waals surface area contributed by atoms with Gasteiger partial charge in [-0.15, -0.1) is 10.2 Å². The number of benzene rings is 2. The molecule has 2 aromatic carbocycles. The maximum Gasteiger partial charge on any atom is 0.257 e. The number of rotatable bonds is 5. The van der Waals surface area contributed by atoms with Crippen LogP contribution in [-0.2, 0) is 6.61 Å². The standard InChI is InChI=1S/C18H17N3O2S/c1-12-6-8-14(9-7-12)17(22)19-18-21-20-16(24-18)11-23-15-5-3-4-13(2)10-15/h3-10H,11H2,1-2H3,(H,19,21,22). The highest BCUT2D eigenvalue weighted by Gasteiger charge is 2.10. The van der Waals surface area contributed by atoms with E-state index in [1.54, 1.807) is 12.1 Å². The Bertz CT molecular complexity index is 843. The molecule has 0 saturated heterocycles. The molecule has 1 amide bonds. The van der Waals surface area contributed by atoms with Crippen LogP contribution in [0.25, 0.3) is 0 Å². The molecule has 1 aromatic heterocycles. The van der Waals surface area contributed by atoms with Gasteiger partial charge in [0.1, 0.15) is 12.4 Å². The molecule has 0 bridgehead atoms. The first-order valence-corrected chi connectivity index (χ1v) is 8.32. The van der Waals surface area contributed by atoms with Gasteiger partial charge in [0, 0.05) is 5.56 Å². The van der Waals surface area contributed by atoms with Gasteiger partial charge >= 0.3 is 0 Å². The second-order valence-electron chi connectivity index (χ2n) is 5.43. The number of aryl methyl sites for hydroxylation is 2. The van der Waals surface area contributed by atoms with E-state index in [0.717, 1.165) is 16.9 Å². The van der Waals surface area contributed by atoms with Crippen LogP contribution in [0.5, 0.6) is 5.75 Å². The van der Waals surface area contributed by atoms with Gasteiger partial charge in [-0.25, -0.2) is 0 Å². The summed E-state index contributed by atoms with van der Waals surface area (Å²) in [7, 11) is 0. The monoisotopic (exact) mass is 339 g/mol. The molecule has 0 saturated carbocycles. The fraction of sp³-hybridized carbons (Fsp3) is 0.167. The maximum atomic E-state index is 12.1. The maximum absolute atomic E-state index is 12.1.